The van der Waals surface area contributed by atoms with E-state index in [9.17, 15) is 0 Å². The van der Waals surface area contributed by atoms with E-state index in [1.165, 1.54) is 0 Å². The van der Waals surface area contributed by atoms with E-state index in [1.807, 2.05) is 0 Å². The highest BCUT2D eigenvalue weighted by Crippen LogP contribution is 1.77. The van der Waals surface area contributed by atoms with Gasteiger partial charge >= 0.3 is 7.32 Å². The Bertz CT molecular complexity index is 139. The summed E-state index contributed by atoms with van der Waals surface area (Å²) in [5, 5.41) is 31.0. The molecule has 10 heteroatoms. The first-order valence-corrected chi connectivity index (χ1v) is 7.63. The Hall–Kier alpha value is -0.295. The van der Waals surface area contributed by atoms with E-state index in [-0.39, 0.29) is 0 Å². The van der Waals surface area contributed by atoms with Crippen molar-refractivity contribution in [3.63, 3.8) is 0 Å². The van der Waals surface area contributed by atoms with E-state index in [4.69, 9.17) is 29.3 Å². The predicted octanol–water partition coefficient (Wildman–Crippen LogP) is -3.23. The first-order valence-electron chi connectivity index (χ1n) is 7.63. The third-order valence-corrected chi connectivity index (χ3v) is 2.54. The van der Waals surface area contributed by atoms with Gasteiger partial charge in [0.1, 0.15) is 0 Å². The highest BCUT2D eigenvalue weighted by atomic mass is 16.5. The van der Waals surface area contributed by atoms with Crippen molar-refractivity contribution in [3.8, 4) is 0 Å². The molecule has 0 spiro atoms. The van der Waals surface area contributed by atoms with Crippen LogP contribution in [0.25, 0.3) is 0 Å². The summed E-state index contributed by atoms with van der Waals surface area (Å²) < 4.78 is 15.0. The number of nitrogens with one attached hydrogen (secondary N) is 3. The van der Waals surface area contributed by atoms with Crippen molar-refractivity contribution >= 4 is 7.32 Å². The van der Waals surface area contributed by atoms with Crippen LogP contribution >= 0.6 is 0 Å². The van der Waals surface area contributed by atoms with Crippen LogP contribution in [0.4, 0.5) is 0 Å². The molecular formula is C12H30BN3O6. The van der Waals surface area contributed by atoms with E-state index in [1.54, 1.807) is 0 Å². The summed E-state index contributed by atoms with van der Waals surface area (Å²) in [7, 11) is -2.17. The largest absolute Gasteiger partial charge is 0.631 e. The summed E-state index contributed by atoms with van der Waals surface area (Å²) >= 11 is 0. The number of morpholine rings is 3. The molecule has 6 N–H and O–H groups in total. The first kappa shape index (κ1) is 21.7. The SMILES string of the molecule is C1COCCN1.C1COCCN1.C1COCCN1.OB(O)O. The van der Waals surface area contributed by atoms with E-state index in [2.05, 4.69) is 16.0 Å². The van der Waals surface area contributed by atoms with Gasteiger partial charge in [-0.15, -0.1) is 0 Å². The Kier molecular flexibility index (Phi) is 18.5. The number of ether oxygens (including phenoxy) is 3. The fourth-order valence-corrected chi connectivity index (χ4v) is 1.55. The predicted molar refractivity (Wildman–Crippen MR) is 83.5 cm³/mol. The van der Waals surface area contributed by atoms with Crippen molar-refractivity contribution in [2.24, 2.45) is 0 Å². The number of hydrogen-bond donors (Lipinski definition) is 6. The summed E-state index contributed by atoms with van der Waals surface area (Å²) in [6.45, 7) is 11.5. The third kappa shape index (κ3) is 22.0. The van der Waals surface area contributed by atoms with Gasteiger partial charge in [-0.05, 0) is 0 Å². The molecule has 22 heavy (non-hydrogen) atoms. The van der Waals surface area contributed by atoms with E-state index >= 15 is 0 Å². The van der Waals surface area contributed by atoms with Crippen molar-refractivity contribution in [1.82, 2.24) is 16.0 Å². The average Bonchev–Trinajstić information content (AvgIpc) is 2.60. The summed E-state index contributed by atoms with van der Waals surface area (Å²) in [5.41, 5.74) is 0. The second-order valence-electron chi connectivity index (χ2n) is 4.43. The molecule has 3 aliphatic rings. The van der Waals surface area contributed by atoms with Crippen molar-refractivity contribution in [2.45, 2.75) is 0 Å². The summed E-state index contributed by atoms with van der Waals surface area (Å²) in [6, 6.07) is 0. The summed E-state index contributed by atoms with van der Waals surface area (Å²) in [5.74, 6) is 0. The molecule has 0 aromatic rings. The van der Waals surface area contributed by atoms with E-state index in [0.717, 1.165) is 78.9 Å². The molecule has 0 radical (unpaired) electrons. The molecule has 132 valence electrons. The Labute approximate surface area is 132 Å². The van der Waals surface area contributed by atoms with E-state index in [0.29, 0.717) is 0 Å². The molecule has 0 unspecified atom stereocenters. The second kappa shape index (κ2) is 18.8. The van der Waals surface area contributed by atoms with Gasteiger partial charge in [-0.2, -0.15) is 0 Å². The number of rotatable bonds is 0. The van der Waals surface area contributed by atoms with Crippen molar-refractivity contribution < 1.29 is 29.3 Å². The lowest BCUT2D eigenvalue weighted by Gasteiger charge is -2.10. The summed E-state index contributed by atoms with van der Waals surface area (Å²) in [6.07, 6.45) is 0. The van der Waals surface area contributed by atoms with Gasteiger partial charge in [0, 0.05) is 39.3 Å². The van der Waals surface area contributed by atoms with Gasteiger partial charge < -0.3 is 45.2 Å². The molecular weight excluding hydrogens is 293 g/mol. The first-order chi connectivity index (χ1) is 10.7. The van der Waals surface area contributed by atoms with Crippen LogP contribution in [-0.2, 0) is 14.2 Å². The zero-order chi connectivity index (χ0) is 16.3. The third-order valence-electron chi connectivity index (χ3n) is 2.54. The van der Waals surface area contributed by atoms with E-state index < -0.39 is 7.32 Å². The lowest BCUT2D eigenvalue weighted by atomic mass is 10.3. The van der Waals surface area contributed by atoms with Crippen LogP contribution in [-0.4, -0.2) is 101 Å². The zero-order valence-electron chi connectivity index (χ0n) is 13.1. The van der Waals surface area contributed by atoms with Gasteiger partial charge in [0.05, 0.1) is 39.6 Å². The minimum Gasteiger partial charge on any atom is -0.402 e. The average molecular weight is 323 g/mol. The molecule has 0 atom stereocenters. The maximum atomic E-state index is 7.17. The van der Waals surface area contributed by atoms with Gasteiger partial charge in [-0.25, -0.2) is 0 Å². The molecule has 9 nitrogen and oxygen atoms in total. The lowest BCUT2D eigenvalue weighted by Crippen LogP contribution is -2.30. The van der Waals surface area contributed by atoms with Crippen LogP contribution in [0.15, 0.2) is 0 Å². The highest BCUT2D eigenvalue weighted by Gasteiger charge is 1.94. The molecule has 3 fully saturated rings. The van der Waals surface area contributed by atoms with Crippen molar-refractivity contribution in [1.29, 1.82) is 0 Å². The zero-order valence-corrected chi connectivity index (χ0v) is 13.1. The van der Waals surface area contributed by atoms with Crippen LogP contribution < -0.4 is 16.0 Å². The molecule has 0 aromatic carbocycles. The topological polar surface area (TPSA) is 124 Å². The Balaban J connectivity index is 0.000000271. The van der Waals surface area contributed by atoms with Gasteiger partial charge in [0.25, 0.3) is 0 Å². The standard InChI is InChI=1S/3C4H9NO.BH3O3/c3*1-3-6-4-2-5-1;2-1(3)4/h3*5H,1-4H2;2-4H. The molecule has 3 rings (SSSR count). The quantitative estimate of drug-likeness (QED) is 0.255. The van der Waals surface area contributed by atoms with Crippen LogP contribution in [0.1, 0.15) is 0 Å². The smallest absolute Gasteiger partial charge is 0.402 e. The molecule has 3 saturated heterocycles. The molecule has 0 amide bonds. The fraction of sp³-hybridized carbons (Fsp3) is 1.00. The molecule has 3 heterocycles. The molecule has 3 aliphatic heterocycles. The Morgan fingerprint density at radius 1 is 0.500 bits per heavy atom. The fourth-order valence-electron chi connectivity index (χ4n) is 1.55. The van der Waals surface area contributed by atoms with Gasteiger partial charge in [0.2, 0.25) is 0 Å². The van der Waals surface area contributed by atoms with Gasteiger partial charge in [0.15, 0.2) is 0 Å². The second-order valence-corrected chi connectivity index (χ2v) is 4.43. The van der Waals surface area contributed by atoms with Gasteiger partial charge in [-0.1, -0.05) is 0 Å². The lowest BCUT2D eigenvalue weighted by molar-refractivity contribution is 0.109. The maximum absolute atomic E-state index is 7.17. The molecule has 0 bridgehead atoms. The van der Waals surface area contributed by atoms with Crippen molar-refractivity contribution in [3.05, 3.63) is 0 Å². The maximum Gasteiger partial charge on any atom is 0.631 e. The molecule has 0 aliphatic carbocycles. The Morgan fingerprint density at radius 3 is 0.727 bits per heavy atom. The van der Waals surface area contributed by atoms with Crippen LogP contribution in [0, 0.1) is 0 Å². The minimum atomic E-state index is -2.17. The monoisotopic (exact) mass is 323 g/mol. The van der Waals surface area contributed by atoms with Crippen LogP contribution in [0.5, 0.6) is 0 Å². The normalized spacial score (nSPS) is 20.9. The highest BCUT2D eigenvalue weighted by molar-refractivity contribution is 6.30. The Morgan fingerprint density at radius 2 is 0.682 bits per heavy atom. The minimum absolute atomic E-state index is 0.889. The molecule has 0 aromatic heterocycles. The van der Waals surface area contributed by atoms with Crippen LogP contribution in [0.3, 0.4) is 0 Å². The number of hydrogen-bond acceptors (Lipinski definition) is 9. The summed E-state index contributed by atoms with van der Waals surface area (Å²) in [4.78, 5) is 0. The van der Waals surface area contributed by atoms with Crippen LogP contribution in [0.2, 0.25) is 0 Å². The molecule has 0 saturated carbocycles. The van der Waals surface area contributed by atoms with Gasteiger partial charge in [-0.3, -0.25) is 0 Å². The van der Waals surface area contributed by atoms with Crippen molar-refractivity contribution in [2.75, 3.05) is 78.9 Å².